The van der Waals surface area contributed by atoms with Gasteiger partial charge in [-0.3, -0.25) is 9.59 Å². The maximum atomic E-state index is 14.1. The van der Waals surface area contributed by atoms with Gasteiger partial charge in [-0.05, 0) is 61.6 Å². The van der Waals surface area contributed by atoms with Gasteiger partial charge in [0.1, 0.15) is 16.7 Å². The lowest BCUT2D eigenvalue weighted by Crippen LogP contribution is -2.58. The first-order chi connectivity index (χ1) is 19.7. The van der Waals surface area contributed by atoms with E-state index >= 15 is 0 Å². The lowest BCUT2D eigenvalue weighted by molar-refractivity contribution is -0.133. The largest absolute Gasteiger partial charge is 0.495 e. The van der Waals surface area contributed by atoms with E-state index in [4.69, 9.17) is 27.9 Å². The van der Waals surface area contributed by atoms with Crippen LogP contribution in [0.25, 0.3) is 0 Å². The van der Waals surface area contributed by atoms with E-state index in [0.29, 0.717) is 35.1 Å². The first kappa shape index (κ1) is 29.4. The fraction of sp³-hybridized carbons (Fsp3) is 0.333. The van der Waals surface area contributed by atoms with E-state index in [1.54, 1.807) is 41.3 Å². The van der Waals surface area contributed by atoms with Crippen LogP contribution in [-0.2, 0) is 25.0 Å². The SMILES string of the molecule is COc1ccccc1S(=O)(=O)N1CCC(C(=O)NC2CCCN(c3ccc(Cl)cc3Cl)C2=O)(c2ccccc2)CC1. The molecule has 1 N–H and O–H groups in total. The molecule has 3 aromatic carbocycles. The average Bonchev–Trinajstić information content (AvgIpc) is 2.99. The molecule has 1 unspecified atom stereocenters. The molecular weight excluding hydrogens is 585 g/mol. The van der Waals surface area contributed by atoms with Crippen molar-refractivity contribution in [2.24, 2.45) is 0 Å². The third kappa shape index (κ3) is 5.68. The molecule has 2 amide bonds. The summed E-state index contributed by atoms with van der Waals surface area (Å²) in [6.07, 6.45) is 1.68. The van der Waals surface area contributed by atoms with Crippen molar-refractivity contribution in [2.45, 2.75) is 42.0 Å². The molecule has 8 nitrogen and oxygen atoms in total. The zero-order chi connectivity index (χ0) is 29.2. The van der Waals surface area contributed by atoms with Gasteiger partial charge in [-0.1, -0.05) is 65.7 Å². The summed E-state index contributed by atoms with van der Waals surface area (Å²) in [4.78, 5) is 29.3. The van der Waals surface area contributed by atoms with Crippen molar-refractivity contribution < 1.29 is 22.7 Å². The molecule has 1 atom stereocenters. The summed E-state index contributed by atoms with van der Waals surface area (Å²) < 4.78 is 33.8. The van der Waals surface area contributed by atoms with Crippen LogP contribution in [0.4, 0.5) is 5.69 Å². The maximum absolute atomic E-state index is 14.1. The van der Waals surface area contributed by atoms with Gasteiger partial charge in [0.15, 0.2) is 0 Å². The Morgan fingerprint density at radius 2 is 1.66 bits per heavy atom. The third-order valence-electron chi connectivity index (χ3n) is 7.97. The van der Waals surface area contributed by atoms with Gasteiger partial charge in [0.25, 0.3) is 0 Å². The van der Waals surface area contributed by atoms with Gasteiger partial charge >= 0.3 is 0 Å². The van der Waals surface area contributed by atoms with Crippen LogP contribution in [0.5, 0.6) is 5.75 Å². The van der Waals surface area contributed by atoms with Crippen molar-refractivity contribution in [2.75, 3.05) is 31.6 Å². The maximum Gasteiger partial charge on any atom is 0.249 e. The molecule has 2 heterocycles. The summed E-state index contributed by atoms with van der Waals surface area (Å²) in [6.45, 7) is 0.744. The molecule has 0 bridgehead atoms. The Hall–Kier alpha value is -3.11. The smallest absolute Gasteiger partial charge is 0.249 e. The lowest BCUT2D eigenvalue weighted by Gasteiger charge is -2.42. The highest BCUT2D eigenvalue weighted by Crippen LogP contribution is 2.39. The van der Waals surface area contributed by atoms with Crippen molar-refractivity contribution in [3.63, 3.8) is 0 Å². The van der Waals surface area contributed by atoms with Gasteiger partial charge in [0.05, 0.1) is 23.2 Å². The number of amides is 2. The molecule has 2 aliphatic heterocycles. The number of carbonyl (C=O) groups excluding carboxylic acids is 2. The Bertz CT molecular complexity index is 1540. The van der Waals surface area contributed by atoms with E-state index in [-0.39, 0.29) is 48.4 Å². The van der Waals surface area contributed by atoms with Gasteiger partial charge in [0, 0.05) is 24.7 Å². The van der Waals surface area contributed by atoms with Crippen LogP contribution >= 0.6 is 23.2 Å². The minimum atomic E-state index is -3.85. The number of ether oxygens (including phenoxy) is 1. The zero-order valence-electron chi connectivity index (χ0n) is 22.6. The molecule has 0 aromatic heterocycles. The summed E-state index contributed by atoms with van der Waals surface area (Å²) in [5, 5.41) is 3.86. The Kier molecular flexibility index (Phi) is 8.61. The van der Waals surface area contributed by atoms with Crippen LogP contribution in [0.15, 0.2) is 77.7 Å². The van der Waals surface area contributed by atoms with E-state index < -0.39 is 21.5 Å². The predicted molar refractivity (Wildman–Crippen MR) is 159 cm³/mol. The number of methoxy groups -OCH3 is 1. The second-order valence-corrected chi connectivity index (χ2v) is 13.0. The van der Waals surface area contributed by atoms with Gasteiger partial charge in [-0.2, -0.15) is 4.31 Å². The molecule has 2 aliphatic rings. The summed E-state index contributed by atoms with van der Waals surface area (Å²) in [6, 6.07) is 20.1. The van der Waals surface area contributed by atoms with Gasteiger partial charge in [0.2, 0.25) is 21.8 Å². The number of anilines is 1. The number of para-hydroxylation sites is 1. The number of halogens is 2. The van der Waals surface area contributed by atoms with Crippen LogP contribution in [0, 0.1) is 0 Å². The topological polar surface area (TPSA) is 96.0 Å². The monoisotopic (exact) mass is 615 g/mol. The molecule has 2 fully saturated rings. The number of carbonyl (C=O) groups is 2. The molecule has 0 aliphatic carbocycles. The number of piperidine rings is 2. The highest BCUT2D eigenvalue weighted by atomic mass is 35.5. The highest BCUT2D eigenvalue weighted by molar-refractivity contribution is 7.89. The van der Waals surface area contributed by atoms with E-state index in [2.05, 4.69) is 5.32 Å². The standard InChI is InChI=1S/C30H31Cl2N3O5S/c1-40-26-11-5-6-12-27(26)41(38,39)34-18-15-30(16-19-34,21-8-3-2-4-9-21)29(37)33-24-10-7-17-35(28(24)36)25-14-13-22(31)20-23(25)32/h2-6,8-9,11-14,20,24H,7,10,15-19H2,1H3,(H,33,37). The molecule has 3 aromatic rings. The van der Waals surface area contributed by atoms with E-state index in [1.165, 1.54) is 17.5 Å². The number of rotatable bonds is 7. The van der Waals surface area contributed by atoms with Gasteiger partial charge < -0.3 is 15.0 Å². The fourth-order valence-corrected chi connectivity index (χ4v) is 7.84. The summed E-state index contributed by atoms with van der Waals surface area (Å²) in [5.41, 5.74) is 0.328. The molecular formula is C30H31Cl2N3O5S. The Morgan fingerprint density at radius 1 is 0.976 bits per heavy atom. The zero-order valence-corrected chi connectivity index (χ0v) is 24.9. The van der Waals surface area contributed by atoms with E-state index in [9.17, 15) is 18.0 Å². The average molecular weight is 617 g/mol. The molecule has 0 saturated carbocycles. The molecule has 0 spiro atoms. The Labute approximate surface area is 250 Å². The number of hydrogen-bond donors (Lipinski definition) is 1. The number of nitrogens with one attached hydrogen (secondary N) is 1. The second kappa shape index (κ2) is 12.0. The van der Waals surface area contributed by atoms with Gasteiger partial charge in [-0.25, -0.2) is 8.42 Å². The third-order valence-corrected chi connectivity index (χ3v) is 10.4. The van der Waals surface area contributed by atoms with Crippen molar-refractivity contribution in [1.29, 1.82) is 0 Å². The first-order valence-electron chi connectivity index (χ1n) is 13.4. The number of nitrogens with zero attached hydrogens (tertiary/aromatic N) is 2. The molecule has 0 radical (unpaired) electrons. The number of hydrogen-bond acceptors (Lipinski definition) is 5. The lowest BCUT2D eigenvalue weighted by atomic mass is 9.72. The van der Waals surface area contributed by atoms with Crippen molar-refractivity contribution in [3.05, 3.63) is 88.4 Å². The molecule has 2 saturated heterocycles. The van der Waals surface area contributed by atoms with Gasteiger partial charge in [-0.15, -0.1) is 0 Å². The summed E-state index contributed by atoms with van der Waals surface area (Å²) in [7, 11) is -2.42. The quantitative estimate of drug-likeness (QED) is 0.402. The van der Waals surface area contributed by atoms with Crippen LogP contribution in [-0.4, -0.2) is 57.3 Å². The Morgan fingerprint density at radius 3 is 2.34 bits per heavy atom. The molecule has 216 valence electrons. The molecule has 11 heteroatoms. The molecule has 5 rings (SSSR count). The first-order valence-corrected chi connectivity index (χ1v) is 15.6. The van der Waals surface area contributed by atoms with E-state index in [1.807, 2.05) is 30.3 Å². The van der Waals surface area contributed by atoms with Crippen molar-refractivity contribution in [3.8, 4) is 5.75 Å². The number of sulfonamides is 1. The minimum absolute atomic E-state index is 0.0907. The van der Waals surface area contributed by atoms with Crippen molar-refractivity contribution in [1.82, 2.24) is 9.62 Å². The van der Waals surface area contributed by atoms with Crippen molar-refractivity contribution >= 4 is 50.7 Å². The predicted octanol–water partition coefficient (Wildman–Crippen LogP) is 5.04. The highest BCUT2D eigenvalue weighted by Gasteiger charge is 2.47. The van der Waals surface area contributed by atoms with Crippen LogP contribution < -0.4 is 15.0 Å². The minimum Gasteiger partial charge on any atom is -0.495 e. The Balaban J connectivity index is 1.38. The van der Waals surface area contributed by atoms with Crippen LogP contribution in [0.1, 0.15) is 31.2 Å². The summed E-state index contributed by atoms with van der Waals surface area (Å²) in [5.74, 6) is -0.264. The number of benzene rings is 3. The fourth-order valence-electron chi connectivity index (χ4n) is 5.73. The molecule has 41 heavy (non-hydrogen) atoms. The van der Waals surface area contributed by atoms with Crippen LogP contribution in [0.2, 0.25) is 10.0 Å². The second-order valence-electron chi connectivity index (χ2n) is 10.3. The van der Waals surface area contributed by atoms with Crippen LogP contribution in [0.3, 0.4) is 0 Å². The summed E-state index contributed by atoms with van der Waals surface area (Å²) >= 11 is 12.4. The van der Waals surface area contributed by atoms with E-state index in [0.717, 1.165) is 5.56 Å². The normalized spacial score (nSPS) is 19.5.